The summed E-state index contributed by atoms with van der Waals surface area (Å²) in [4.78, 5) is 4.59. The molecule has 0 fully saturated rings. The van der Waals surface area contributed by atoms with Crippen molar-refractivity contribution in [3.63, 3.8) is 0 Å². The van der Waals surface area contributed by atoms with E-state index in [1.54, 1.807) is 21.3 Å². The molecule has 0 heterocycles. The second kappa shape index (κ2) is 14.5. The van der Waals surface area contributed by atoms with Gasteiger partial charge in [-0.05, 0) is 31.0 Å². The van der Waals surface area contributed by atoms with Gasteiger partial charge in [0.05, 0.1) is 34.1 Å². The lowest BCUT2D eigenvalue weighted by Crippen LogP contribution is -2.39. The van der Waals surface area contributed by atoms with Crippen LogP contribution in [0.1, 0.15) is 25.8 Å². The predicted molar refractivity (Wildman–Crippen MR) is 131 cm³/mol. The molecular weight excluding hydrogens is 523 g/mol. The molecule has 0 amide bonds. The first-order valence-electron chi connectivity index (χ1n) is 9.56. The Kier molecular flexibility index (Phi) is 13.8. The van der Waals surface area contributed by atoms with Gasteiger partial charge in [0.2, 0.25) is 15.8 Å². The fourth-order valence-corrected chi connectivity index (χ4v) is 3.69. The molecule has 1 rings (SSSR count). The van der Waals surface area contributed by atoms with Gasteiger partial charge in [0, 0.05) is 26.2 Å². The highest BCUT2D eigenvalue weighted by Crippen LogP contribution is 2.38. The van der Waals surface area contributed by atoms with Crippen LogP contribution >= 0.6 is 24.0 Å². The molecule has 0 aliphatic carbocycles. The number of nitrogens with zero attached hydrogens (tertiary/aromatic N) is 2. The number of benzene rings is 1. The first-order valence-corrected chi connectivity index (χ1v) is 11.4. The third-order valence-electron chi connectivity index (χ3n) is 4.19. The first kappa shape index (κ1) is 28.5. The third-order valence-corrected chi connectivity index (χ3v) is 5.57. The highest BCUT2D eigenvalue weighted by atomic mass is 127. The van der Waals surface area contributed by atoms with Crippen LogP contribution in [0.25, 0.3) is 0 Å². The highest BCUT2D eigenvalue weighted by Gasteiger charge is 2.14. The number of guanidine groups is 1. The molecule has 0 spiro atoms. The smallest absolute Gasteiger partial charge is 0.211 e. The Morgan fingerprint density at radius 3 is 2.10 bits per heavy atom. The zero-order valence-electron chi connectivity index (χ0n) is 18.6. The van der Waals surface area contributed by atoms with Crippen molar-refractivity contribution in [1.29, 1.82) is 0 Å². The molecule has 0 aromatic heterocycles. The minimum Gasteiger partial charge on any atom is -0.493 e. The summed E-state index contributed by atoms with van der Waals surface area (Å²) in [6.45, 7) is 6.48. The number of ether oxygens (including phenoxy) is 3. The number of rotatable bonds is 12. The quantitative estimate of drug-likeness (QED) is 0.175. The standard InChI is InChI=1S/C19H34N4O5S.HI/c1-7-20-19(21-10-9-11-23(8-2)29(6,24)25)22-14-15-12-16(26-3)18(28-5)17(13-15)27-4;/h12-13H,7-11,14H2,1-6H3,(H2,20,21,22);1H. The topological polar surface area (TPSA) is 101 Å². The van der Waals surface area contributed by atoms with Gasteiger partial charge in [0.25, 0.3) is 0 Å². The molecule has 0 atom stereocenters. The summed E-state index contributed by atoms with van der Waals surface area (Å²) < 4.78 is 40.8. The van der Waals surface area contributed by atoms with E-state index in [-0.39, 0.29) is 24.0 Å². The molecule has 0 aliphatic rings. The second-order valence-corrected chi connectivity index (χ2v) is 8.25. The normalized spacial score (nSPS) is 11.6. The van der Waals surface area contributed by atoms with Crippen LogP contribution in [0, 0.1) is 0 Å². The van der Waals surface area contributed by atoms with Crippen LogP contribution in [-0.2, 0) is 16.6 Å². The van der Waals surface area contributed by atoms with Gasteiger partial charge in [-0.3, -0.25) is 0 Å². The van der Waals surface area contributed by atoms with Crippen LogP contribution in [0.2, 0.25) is 0 Å². The average molecular weight is 558 g/mol. The monoisotopic (exact) mass is 558 g/mol. The summed E-state index contributed by atoms with van der Waals surface area (Å²) in [5, 5.41) is 6.42. The zero-order chi connectivity index (χ0) is 21.9. The molecular formula is C19H35IN4O5S. The molecule has 1 aromatic rings. The molecule has 0 aliphatic heterocycles. The number of hydrogen-bond donors (Lipinski definition) is 2. The molecule has 0 bridgehead atoms. The lowest BCUT2D eigenvalue weighted by atomic mass is 10.2. The largest absolute Gasteiger partial charge is 0.493 e. The van der Waals surface area contributed by atoms with Crippen molar-refractivity contribution in [2.24, 2.45) is 4.99 Å². The van der Waals surface area contributed by atoms with E-state index >= 15 is 0 Å². The SMILES string of the molecule is CCNC(=NCc1cc(OC)c(OC)c(OC)c1)NCCCN(CC)S(C)(=O)=O.I. The maximum Gasteiger partial charge on any atom is 0.211 e. The molecule has 2 N–H and O–H groups in total. The fourth-order valence-electron chi connectivity index (χ4n) is 2.76. The maximum atomic E-state index is 11.6. The van der Waals surface area contributed by atoms with Crippen molar-refractivity contribution in [3.05, 3.63) is 17.7 Å². The minimum atomic E-state index is -3.17. The summed E-state index contributed by atoms with van der Waals surface area (Å²) in [7, 11) is 1.55. The summed E-state index contributed by atoms with van der Waals surface area (Å²) in [5.41, 5.74) is 0.908. The number of sulfonamides is 1. The average Bonchev–Trinajstić information content (AvgIpc) is 2.69. The van der Waals surface area contributed by atoms with Crippen molar-refractivity contribution < 1.29 is 22.6 Å². The lowest BCUT2D eigenvalue weighted by molar-refractivity contribution is 0.324. The van der Waals surface area contributed by atoms with Crippen LogP contribution in [-0.4, -0.2) is 72.4 Å². The van der Waals surface area contributed by atoms with Gasteiger partial charge in [-0.2, -0.15) is 0 Å². The molecule has 0 radical (unpaired) electrons. The van der Waals surface area contributed by atoms with Crippen molar-refractivity contribution >= 4 is 40.0 Å². The van der Waals surface area contributed by atoms with E-state index in [0.717, 1.165) is 5.56 Å². The second-order valence-electron chi connectivity index (χ2n) is 6.26. The maximum absolute atomic E-state index is 11.6. The Balaban J connectivity index is 0.00000841. The summed E-state index contributed by atoms with van der Waals surface area (Å²) in [6, 6.07) is 3.72. The van der Waals surface area contributed by atoms with Crippen LogP contribution in [0.5, 0.6) is 17.2 Å². The van der Waals surface area contributed by atoms with E-state index in [9.17, 15) is 8.42 Å². The zero-order valence-corrected chi connectivity index (χ0v) is 21.8. The Hall–Kier alpha value is -1.47. The molecule has 11 heteroatoms. The number of aliphatic imine (C=N–C) groups is 1. The van der Waals surface area contributed by atoms with E-state index in [0.29, 0.717) is 62.4 Å². The van der Waals surface area contributed by atoms with Crippen molar-refractivity contribution in [2.45, 2.75) is 26.8 Å². The Morgan fingerprint density at radius 1 is 1.07 bits per heavy atom. The highest BCUT2D eigenvalue weighted by molar-refractivity contribution is 14.0. The molecule has 0 saturated heterocycles. The van der Waals surface area contributed by atoms with Gasteiger partial charge in [-0.1, -0.05) is 6.92 Å². The van der Waals surface area contributed by atoms with Gasteiger partial charge in [-0.15, -0.1) is 24.0 Å². The van der Waals surface area contributed by atoms with Gasteiger partial charge in [-0.25, -0.2) is 17.7 Å². The van der Waals surface area contributed by atoms with E-state index in [1.165, 1.54) is 10.6 Å². The lowest BCUT2D eigenvalue weighted by Gasteiger charge is -2.18. The van der Waals surface area contributed by atoms with Crippen LogP contribution < -0.4 is 24.8 Å². The molecule has 9 nitrogen and oxygen atoms in total. The summed E-state index contributed by atoms with van der Waals surface area (Å²) in [6.07, 6.45) is 1.91. The van der Waals surface area contributed by atoms with Gasteiger partial charge in [0.15, 0.2) is 17.5 Å². The Bertz CT molecular complexity index is 749. The Labute approximate surface area is 197 Å². The van der Waals surface area contributed by atoms with Gasteiger partial charge < -0.3 is 24.8 Å². The number of nitrogens with one attached hydrogen (secondary N) is 2. The fraction of sp³-hybridized carbons (Fsp3) is 0.632. The predicted octanol–water partition coefficient (Wildman–Crippen LogP) is 2.06. The number of methoxy groups -OCH3 is 3. The first-order chi connectivity index (χ1) is 13.8. The molecule has 30 heavy (non-hydrogen) atoms. The molecule has 174 valence electrons. The van der Waals surface area contributed by atoms with E-state index < -0.39 is 10.0 Å². The van der Waals surface area contributed by atoms with E-state index in [4.69, 9.17) is 14.2 Å². The van der Waals surface area contributed by atoms with Crippen molar-refractivity contribution in [3.8, 4) is 17.2 Å². The third kappa shape index (κ3) is 9.13. The van der Waals surface area contributed by atoms with Crippen molar-refractivity contribution in [1.82, 2.24) is 14.9 Å². The minimum absolute atomic E-state index is 0. The van der Waals surface area contributed by atoms with Gasteiger partial charge >= 0.3 is 0 Å². The molecule has 0 saturated carbocycles. The summed E-state index contributed by atoms with van der Waals surface area (Å²) >= 11 is 0. The summed E-state index contributed by atoms with van der Waals surface area (Å²) in [5.74, 6) is 2.36. The van der Waals surface area contributed by atoms with Crippen LogP contribution in [0.3, 0.4) is 0 Å². The molecule has 1 aromatic carbocycles. The van der Waals surface area contributed by atoms with Crippen LogP contribution in [0.15, 0.2) is 17.1 Å². The van der Waals surface area contributed by atoms with Gasteiger partial charge in [0.1, 0.15) is 0 Å². The number of hydrogen-bond acceptors (Lipinski definition) is 6. The molecule has 0 unspecified atom stereocenters. The van der Waals surface area contributed by atoms with Crippen molar-refractivity contribution in [2.75, 3.05) is 53.8 Å². The van der Waals surface area contributed by atoms with E-state index in [1.807, 2.05) is 26.0 Å². The van der Waals surface area contributed by atoms with Crippen LogP contribution in [0.4, 0.5) is 0 Å². The number of halogens is 1. The Morgan fingerprint density at radius 2 is 1.67 bits per heavy atom. The van der Waals surface area contributed by atoms with E-state index in [2.05, 4.69) is 15.6 Å².